The molecule has 0 atom stereocenters. The smallest absolute Gasteiger partial charge is 0.101 e. The van der Waals surface area contributed by atoms with Gasteiger partial charge in [0, 0.05) is 11.9 Å². The van der Waals surface area contributed by atoms with Crippen molar-refractivity contribution in [1.29, 1.82) is 5.26 Å². The van der Waals surface area contributed by atoms with Gasteiger partial charge in [-0.2, -0.15) is 5.26 Å². The summed E-state index contributed by atoms with van der Waals surface area (Å²) in [4.78, 5) is 4.12. The van der Waals surface area contributed by atoms with Crippen LogP contribution in [0.15, 0.2) is 35.5 Å². The van der Waals surface area contributed by atoms with Crippen molar-refractivity contribution in [1.82, 2.24) is 4.98 Å². The molecule has 1 aromatic heterocycles. The highest BCUT2D eigenvalue weighted by molar-refractivity contribution is 7.99. The molecule has 0 aliphatic heterocycles. The largest absolute Gasteiger partial charge is 0.249 e. The number of nitriles is 1. The lowest BCUT2D eigenvalue weighted by Crippen LogP contribution is -1.84. The minimum Gasteiger partial charge on any atom is -0.249 e. The van der Waals surface area contributed by atoms with Gasteiger partial charge in [0.1, 0.15) is 6.07 Å². The third-order valence-corrected chi connectivity index (χ3v) is 2.51. The van der Waals surface area contributed by atoms with Crippen molar-refractivity contribution in [2.75, 3.05) is 5.75 Å². The number of hydrogen-bond acceptors (Lipinski definition) is 3. The molecule has 0 spiro atoms. The first kappa shape index (κ1) is 9.82. The second-order valence-corrected chi connectivity index (χ2v) is 3.74. The fraction of sp³-hybridized carbons (Fsp3) is 0.200. The van der Waals surface area contributed by atoms with Gasteiger partial charge < -0.3 is 0 Å². The zero-order valence-electron chi connectivity index (χ0n) is 7.45. The lowest BCUT2D eigenvalue weighted by Gasteiger charge is -1.98. The Morgan fingerprint density at radius 1 is 1.69 bits per heavy atom. The maximum absolute atomic E-state index is 8.54. The Morgan fingerprint density at radius 2 is 2.46 bits per heavy atom. The minimum absolute atomic E-state index is 0.597. The second kappa shape index (κ2) is 4.68. The quantitative estimate of drug-likeness (QED) is 0.543. The molecule has 0 radical (unpaired) electrons. The van der Waals surface area contributed by atoms with Crippen LogP contribution < -0.4 is 0 Å². The van der Waals surface area contributed by atoms with Crippen LogP contribution in [0.25, 0.3) is 0 Å². The van der Waals surface area contributed by atoms with Gasteiger partial charge in [-0.1, -0.05) is 12.2 Å². The van der Waals surface area contributed by atoms with Crippen molar-refractivity contribution in [3.05, 3.63) is 36.0 Å². The molecule has 0 aliphatic carbocycles. The molecule has 0 aromatic carbocycles. The summed E-state index contributed by atoms with van der Waals surface area (Å²) in [6, 6.07) is 5.65. The molecule has 3 heteroatoms. The number of hydrogen-bond donors (Lipinski definition) is 0. The van der Waals surface area contributed by atoms with Crippen molar-refractivity contribution in [2.45, 2.75) is 11.9 Å². The van der Waals surface area contributed by atoms with Gasteiger partial charge in [-0.25, -0.2) is 4.98 Å². The Morgan fingerprint density at radius 3 is 2.92 bits per heavy atom. The molecule has 0 aliphatic rings. The van der Waals surface area contributed by atoms with Crippen LogP contribution in [0.4, 0.5) is 0 Å². The van der Waals surface area contributed by atoms with Gasteiger partial charge in [0.05, 0.1) is 10.6 Å². The van der Waals surface area contributed by atoms with Gasteiger partial charge in [0.25, 0.3) is 0 Å². The summed E-state index contributed by atoms with van der Waals surface area (Å²) >= 11 is 1.63. The van der Waals surface area contributed by atoms with E-state index >= 15 is 0 Å². The van der Waals surface area contributed by atoms with E-state index in [9.17, 15) is 0 Å². The summed E-state index contributed by atoms with van der Waals surface area (Å²) in [5, 5.41) is 9.47. The molecule has 1 aromatic rings. The Bertz CT molecular complexity index is 335. The van der Waals surface area contributed by atoms with E-state index in [-0.39, 0.29) is 0 Å². The van der Waals surface area contributed by atoms with E-state index in [1.807, 2.05) is 19.1 Å². The van der Waals surface area contributed by atoms with E-state index in [0.717, 1.165) is 16.4 Å². The molecular weight excluding hydrogens is 180 g/mol. The van der Waals surface area contributed by atoms with Gasteiger partial charge in [-0.05, 0) is 19.1 Å². The Labute approximate surface area is 82.3 Å². The lowest BCUT2D eigenvalue weighted by molar-refractivity contribution is 1.12. The van der Waals surface area contributed by atoms with Gasteiger partial charge in [0.15, 0.2) is 0 Å². The third kappa shape index (κ3) is 3.30. The fourth-order valence-electron chi connectivity index (χ4n) is 0.729. The SMILES string of the molecule is C=C(C)CSc1ccc(C#N)cn1. The summed E-state index contributed by atoms with van der Waals surface area (Å²) in [5.41, 5.74) is 1.72. The van der Waals surface area contributed by atoms with Crippen LogP contribution in [0, 0.1) is 11.3 Å². The molecule has 0 unspecified atom stereocenters. The minimum atomic E-state index is 0.597. The van der Waals surface area contributed by atoms with E-state index in [4.69, 9.17) is 5.26 Å². The summed E-state index contributed by atoms with van der Waals surface area (Å²) < 4.78 is 0. The molecule has 1 rings (SSSR count). The Balaban J connectivity index is 2.60. The first-order valence-corrected chi connectivity index (χ1v) is 4.84. The second-order valence-electron chi connectivity index (χ2n) is 2.74. The maximum Gasteiger partial charge on any atom is 0.101 e. The van der Waals surface area contributed by atoms with E-state index in [1.165, 1.54) is 0 Å². The van der Waals surface area contributed by atoms with Crippen molar-refractivity contribution in [2.24, 2.45) is 0 Å². The molecular formula is C10H10N2S. The van der Waals surface area contributed by atoms with Crippen molar-refractivity contribution >= 4 is 11.8 Å². The average Bonchev–Trinajstić information content (AvgIpc) is 2.15. The molecule has 0 fully saturated rings. The van der Waals surface area contributed by atoms with Gasteiger partial charge >= 0.3 is 0 Å². The summed E-state index contributed by atoms with van der Waals surface area (Å²) in [5.74, 6) is 0.874. The lowest BCUT2D eigenvalue weighted by atomic mass is 10.3. The molecule has 13 heavy (non-hydrogen) atoms. The van der Waals surface area contributed by atoms with Gasteiger partial charge in [-0.15, -0.1) is 11.8 Å². The van der Waals surface area contributed by atoms with Crippen molar-refractivity contribution < 1.29 is 0 Å². The topological polar surface area (TPSA) is 36.7 Å². The third-order valence-electron chi connectivity index (χ3n) is 1.33. The van der Waals surface area contributed by atoms with Gasteiger partial charge in [0.2, 0.25) is 0 Å². The van der Waals surface area contributed by atoms with Crippen LogP contribution in [-0.2, 0) is 0 Å². The average molecular weight is 190 g/mol. The number of thioether (sulfide) groups is 1. The van der Waals surface area contributed by atoms with E-state index in [1.54, 1.807) is 24.0 Å². The van der Waals surface area contributed by atoms with E-state index in [2.05, 4.69) is 11.6 Å². The van der Waals surface area contributed by atoms with Gasteiger partial charge in [-0.3, -0.25) is 0 Å². The first-order valence-electron chi connectivity index (χ1n) is 3.85. The first-order chi connectivity index (χ1) is 6.22. The normalized spacial score (nSPS) is 9.23. The molecule has 2 nitrogen and oxygen atoms in total. The standard InChI is InChI=1S/C10H10N2S/c1-8(2)7-13-10-4-3-9(5-11)6-12-10/h3-4,6H,1,7H2,2H3. The van der Waals surface area contributed by atoms with Crippen LogP contribution in [0.5, 0.6) is 0 Å². The molecule has 0 N–H and O–H groups in total. The van der Waals surface area contributed by atoms with Crippen LogP contribution >= 0.6 is 11.8 Å². The molecule has 0 amide bonds. The Hall–Kier alpha value is -1.27. The highest BCUT2D eigenvalue weighted by Gasteiger charge is 1.95. The number of aromatic nitrogens is 1. The van der Waals surface area contributed by atoms with Crippen LogP contribution in [0.3, 0.4) is 0 Å². The summed E-state index contributed by atoms with van der Waals surface area (Å²) in [6.45, 7) is 5.79. The Kier molecular flexibility index (Phi) is 3.53. The maximum atomic E-state index is 8.54. The predicted octanol–water partition coefficient (Wildman–Crippen LogP) is 2.62. The summed E-state index contributed by atoms with van der Waals surface area (Å²) in [7, 11) is 0. The van der Waals surface area contributed by atoms with Crippen LogP contribution in [0.2, 0.25) is 0 Å². The zero-order valence-corrected chi connectivity index (χ0v) is 8.27. The highest BCUT2D eigenvalue weighted by Crippen LogP contribution is 2.17. The van der Waals surface area contributed by atoms with Crippen molar-refractivity contribution in [3.8, 4) is 6.07 Å². The van der Waals surface area contributed by atoms with E-state index < -0.39 is 0 Å². The monoisotopic (exact) mass is 190 g/mol. The molecule has 66 valence electrons. The molecule has 0 saturated carbocycles. The summed E-state index contributed by atoms with van der Waals surface area (Å²) in [6.07, 6.45) is 1.58. The fourth-order valence-corrected chi connectivity index (χ4v) is 1.41. The molecule has 0 saturated heterocycles. The van der Waals surface area contributed by atoms with E-state index in [0.29, 0.717) is 5.56 Å². The molecule has 0 bridgehead atoms. The van der Waals surface area contributed by atoms with Crippen LogP contribution in [-0.4, -0.2) is 10.7 Å². The van der Waals surface area contributed by atoms with Crippen molar-refractivity contribution in [3.63, 3.8) is 0 Å². The molecule has 1 heterocycles. The number of rotatable bonds is 3. The highest BCUT2D eigenvalue weighted by atomic mass is 32.2. The van der Waals surface area contributed by atoms with Crippen LogP contribution in [0.1, 0.15) is 12.5 Å². The predicted molar refractivity (Wildman–Crippen MR) is 54.5 cm³/mol. The number of nitrogens with zero attached hydrogens (tertiary/aromatic N) is 2. The number of pyridine rings is 1. The zero-order chi connectivity index (χ0) is 9.68.